The Morgan fingerprint density at radius 3 is 2.58 bits per heavy atom. The molecule has 3 aromatic rings. The SMILES string of the molecule is CN(C)c1ncc(-c2ccc(F)cc2)c([C@H]2CCN(C(=O)c3ccc(=O)n(C)n3)C2)n1. The van der Waals surface area contributed by atoms with E-state index in [4.69, 9.17) is 4.98 Å². The summed E-state index contributed by atoms with van der Waals surface area (Å²) in [5.41, 5.74) is 2.44. The molecule has 1 amide bonds. The summed E-state index contributed by atoms with van der Waals surface area (Å²) in [5.74, 6) is 0.0467. The summed E-state index contributed by atoms with van der Waals surface area (Å²) in [6.45, 7) is 1.03. The van der Waals surface area contributed by atoms with Gasteiger partial charge < -0.3 is 9.80 Å². The lowest BCUT2D eigenvalue weighted by molar-refractivity contribution is 0.0782. The Labute approximate surface area is 179 Å². The Kier molecular flexibility index (Phi) is 5.50. The largest absolute Gasteiger partial charge is 0.347 e. The van der Waals surface area contributed by atoms with Gasteiger partial charge in [-0.25, -0.2) is 19.0 Å². The second-order valence-corrected chi connectivity index (χ2v) is 7.79. The average molecular weight is 422 g/mol. The lowest BCUT2D eigenvalue weighted by atomic mass is 9.96. The van der Waals surface area contributed by atoms with Crippen molar-refractivity contribution in [3.63, 3.8) is 0 Å². The number of rotatable bonds is 4. The van der Waals surface area contributed by atoms with Crippen molar-refractivity contribution in [2.45, 2.75) is 12.3 Å². The van der Waals surface area contributed by atoms with Crippen LogP contribution in [0, 0.1) is 5.82 Å². The molecule has 0 unspecified atom stereocenters. The quantitative estimate of drug-likeness (QED) is 0.640. The number of likely N-dealkylation sites (tertiary alicyclic amines) is 1. The summed E-state index contributed by atoms with van der Waals surface area (Å²) in [6, 6.07) is 9.03. The Balaban J connectivity index is 1.65. The normalized spacial score (nSPS) is 15.9. The first-order valence-corrected chi connectivity index (χ1v) is 9.97. The molecule has 8 nitrogen and oxygen atoms in total. The van der Waals surface area contributed by atoms with Crippen LogP contribution in [0.3, 0.4) is 0 Å². The first-order valence-electron chi connectivity index (χ1n) is 9.97. The minimum absolute atomic E-state index is 0.00163. The standard InChI is InChI=1S/C22H23FN6O2/c1-27(2)22-24-12-17(14-4-6-16(23)7-5-14)20(25-22)15-10-11-29(13-15)21(31)18-8-9-19(30)28(3)26-18/h4-9,12,15H,10-11,13H2,1-3H3/t15-/m0/s1. The van der Waals surface area contributed by atoms with E-state index >= 15 is 0 Å². The van der Waals surface area contributed by atoms with Gasteiger partial charge in [-0.3, -0.25) is 9.59 Å². The number of aromatic nitrogens is 4. The maximum atomic E-state index is 13.4. The molecule has 1 aliphatic rings. The van der Waals surface area contributed by atoms with E-state index in [0.29, 0.717) is 19.0 Å². The molecule has 1 fully saturated rings. The van der Waals surface area contributed by atoms with Crippen molar-refractivity contribution in [2.75, 3.05) is 32.1 Å². The van der Waals surface area contributed by atoms with Crippen molar-refractivity contribution in [1.29, 1.82) is 0 Å². The summed E-state index contributed by atoms with van der Waals surface area (Å²) in [6.07, 6.45) is 2.49. The third kappa shape index (κ3) is 4.16. The fourth-order valence-electron chi connectivity index (χ4n) is 3.71. The van der Waals surface area contributed by atoms with Crippen LogP contribution in [0.1, 0.15) is 28.5 Å². The van der Waals surface area contributed by atoms with Crippen LogP contribution in [0.25, 0.3) is 11.1 Å². The van der Waals surface area contributed by atoms with Crippen LogP contribution in [0.4, 0.5) is 10.3 Å². The molecule has 160 valence electrons. The second kappa shape index (κ2) is 8.25. The lowest BCUT2D eigenvalue weighted by Gasteiger charge is -2.19. The molecule has 9 heteroatoms. The summed E-state index contributed by atoms with van der Waals surface area (Å²) in [7, 11) is 5.25. The zero-order valence-electron chi connectivity index (χ0n) is 17.6. The van der Waals surface area contributed by atoms with Crippen LogP contribution in [-0.2, 0) is 7.05 Å². The number of carbonyl (C=O) groups excluding carboxylic acids is 1. The Hall–Kier alpha value is -3.62. The summed E-state index contributed by atoms with van der Waals surface area (Å²) >= 11 is 0. The molecule has 1 saturated heterocycles. The highest BCUT2D eigenvalue weighted by atomic mass is 19.1. The minimum atomic E-state index is -0.307. The molecule has 0 aliphatic carbocycles. The van der Waals surface area contributed by atoms with E-state index in [0.717, 1.165) is 27.9 Å². The molecule has 4 rings (SSSR count). The maximum Gasteiger partial charge on any atom is 0.274 e. The van der Waals surface area contributed by atoms with Crippen molar-refractivity contribution in [1.82, 2.24) is 24.6 Å². The minimum Gasteiger partial charge on any atom is -0.347 e. The monoisotopic (exact) mass is 422 g/mol. The van der Waals surface area contributed by atoms with Gasteiger partial charge in [0.15, 0.2) is 0 Å². The van der Waals surface area contributed by atoms with E-state index < -0.39 is 0 Å². The van der Waals surface area contributed by atoms with E-state index in [9.17, 15) is 14.0 Å². The molecule has 2 aromatic heterocycles. The number of anilines is 1. The maximum absolute atomic E-state index is 13.4. The number of hydrogen-bond acceptors (Lipinski definition) is 6. The third-order valence-corrected chi connectivity index (χ3v) is 5.40. The molecule has 0 bridgehead atoms. The topological polar surface area (TPSA) is 84.2 Å². The van der Waals surface area contributed by atoms with Gasteiger partial charge >= 0.3 is 0 Å². The number of aryl methyl sites for hydroxylation is 1. The molecule has 0 N–H and O–H groups in total. The number of halogens is 1. The molecule has 0 spiro atoms. The molecule has 3 heterocycles. The molecule has 1 aromatic carbocycles. The lowest BCUT2D eigenvalue weighted by Crippen LogP contribution is -2.31. The van der Waals surface area contributed by atoms with Gasteiger partial charge in [0, 0.05) is 58.0 Å². The van der Waals surface area contributed by atoms with Gasteiger partial charge in [0.1, 0.15) is 11.5 Å². The molecular weight excluding hydrogens is 399 g/mol. The molecule has 1 atom stereocenters. The fourth-order valence-corrected chi connectivity index (χ4v) is 3.71. The van der Waals surface area contributed by atoms with Gasteiger partial charge in [-0.1, -0.05) is 12.1 Å². The molecular formula is C22H23FN6O2. The highest BCUT2D eigenvalue weighted by molar-refractivity contribution is 5.92. The van der Waals surface area contributed by atoms with Gasteiger partial charge in [0.05, 0.1) is 5.69 Å². The van der Waals surface area contributed by atoms with Gasteiger partial charge in [0.2, 0.25) is 5.95 Å². The van der Waals surface area contributed by atoms with Crippen LogP contribution in [0.15, 0.2) is 47.4 Å². The van der Waals surface area contributed by atoms with Crippen LogP contribution < -0.4 is 10.5 Å². The van der Waals surface area contributed by atoms with E-state index in [1.54, 1.807) is 23.2 Å². The first-order chi connectivity index (χ1) is 14.8. The number of hydrogen-bond donors (Lipinski definition) is 0. The number of benzene rings is 1. The molecule has 0 saturated carbocycles. The molecule has 31 heavy (non-hydrogen) atoms. The molecule has 1 aliphatic heterocycles. The van der Waals surface area contributed by atoms with Crippen LogP contribution in [-0.4, -0.2) is 57.7 Å². The van der Waals surface area contributed by atoms with Gasteiger partial charge in [-0.15, -0.1) is 0 Å². The smallest absolute Gasteiger partial charge is 0.274 e. The van der Waals surface area contributed by atoms with E-state index in [1.807, 2.05) is 19.0 Å². The highest BCUT2D eigenvalue weighted by Gasteiger charge is 2.31. The van der Waals surface area contributed by atoms with Crippen LogP contribution in [0.5, 0.6) is 0 Å². The molecule has 0 radical (unpaired) electrons. The zero-order valence-corrected chi connectivity index (χ0v) is 17.6. The van der Waals surface area contributed by atoms with Crippen molar-refractivity contribution < 1.29 is 9.18 Å². The Morgan fingerprint density at radius 2 is 1.90 bits per heavy atom. The Bertz CT molecular complexity index is 1180. The van der Waals surface area contributed by atoms with Crippen molar-refractivity contribution in [3.05, 3.63) is 70.2 Å². The summed E-state index contributed by atoms with van der Waals surface area (Å²) in [4.78, 5) is 37.2. The summed E-state index contributed by atoms with van der Waals surface area (Å²) < 4.78 is 14.6. The van der Waals surface area contributed by atoms with Crippen molar-refractivity contribution in [2.24, 2.45) is 7.05 Å². The zero-order chi connectivity index (χ0) is 22.1. The van der Waals surface area contributed by atoms with Crippen molar-refractivity contribution in [3.8, 4) is 11.1 Å². The average Bonchev–Trinajstić information content (AvgIpc) is 3.25. The van der Waals surface area contributed by atoms with Crippen LogP contribution in [0.2, 0.25) is 0 Å². The summed E-state index contributed by atoms with van der Waals surface area (Å²) in [5, 5.41) is 4.07. The first kappa shape index (κ1) is 20.6. The fraction of sp³-hybridized carbons (Fsp3) is 0.318. The predicted molar refractivity (Wildman–Crippen MR) is 114 cm³/mol. The number of carbonyl (C=O) groups is 1. The van der Waals surface area contributed by atoms with E-state index in [-0.39, 0.29) is 28.9 Å². The third-order valence-electron chi connectivity index (χ3n) is 5.40. The number of nitrogens with zero attached hydrogens (tertiary/aromatic N) is 6. The van der Waals surface area contributed by atoms with Gasteiger partial charge in [0.25, 0.3) is 11.5 Å². The predicted octanol–water partition coefficient (Wildman–Crippen LogP) is 2.07. The van der Waals surface area contributed by atoms with Gasteiger partial charge in [-0.2, -0.15) is 5.10 Å². The van der Waals surface area contributed by atoms with Crippen LogP contribution >= 0.6 is 0 Å². The van der Waals surface area contributed by atoms with Gasteiger partial charge in [-0.05, 0) is 30.2 Å². The highest BCUT2D eigenvalue weighted by Crippen LogP contribution is 2.34. The Morgan fingerprint density at radius 1 is 1.16 bits per heavy atom. The second-order valence-electron chi connectivity index (χ2n) is 7.79. The number of amides is 1. The van der Waals surface area contributed by atoms with E-state index in [1.165, 1.54) is 31.3 Å². The van der Waals surface area contributed by atoms with Crippen molar-refractivity contribution >= 4 is 11.9 Å². The van der Waals surface area contributed by atoms with E-state index in [2.05, 4.69) is 10.1 Å².